The van der Waals surface area contributed by atoms with Crippen LogP contribution in [-0.2, 0) is 13.6 Å². The van der Waals surface area contributed by atoms with Crippen molar-refractivity contribution >= 4 is 22.9 Å². The van der Waals surface area contributed by atoms with Crippen LogP contribution in [0.1, 0.15) is 20.9 Å². The van der Waals surface area contributed by atoms with Gasteiger partial charge in [-0.2, -0.15) is 0 Å². The molecule has 0 aromatic carbocycles. The van der Waals surface area contributed by atoms with Gasteiger partial charge in [0, 0.05) is 25.2 Å². The van der Waals surface area contributed by atoms with Crippen molar-refractivity contribution in [2.75, 3.05) is 12.8 Å². The van der Waals surface area contributed by atoms with Gasteiger partial charge < -0.3 is 15.2 Å². The van der Waals surface area contributed by atoms with E-state index in [4.69, 9.17) is 5.73 Å². The fourth-order valence-electron chi connectivity index (χ4n) is 1.85. The number of rotatable bonds is 3. The Labute approximate surface area is 111 Å². The Hall–Kier alpha value is -1.75. The molecule has 18 heavy (non-hydrogen) atoms. The largest absolute Gasteiger partial charge is 0.397 e. The molecule has 0 aliphatic heterocycles. The lowest BCUT2D eigenvalue weighted by atomic mass is 10.2. The van der Waals surface area contributed by atoms with E-state index in [1.165, 1.54) is 10.4 Å². The number of aryl methyl sites for hydroxylation is 2. The van der Waals surface area contributed by atoms with Crippen molar-refractivity contribution in [2.45, 2.75) is 13.5 Å². The van der Waals surface area contributed by atoms with Crippen molar-refractivity contribution in [3.63, 3.8) is 0 Å². The highest BCUT2D eigenvalue weighted by molar-refractivity contribution is 7.10. The van der Waals surface area contributed by atoms with Crippen LogP contribution in [0.5, 0.6) is 0 Å². The van der Waals surface area contributed by atoms with Crippen LogP contribution >= 0.6 is 11.3 Å². The summed E-state index contributed by atoms with van der Waals surface area (Å²) in [6.07, 6.45) is 1.75. The van der Waals surface area contributed by atoms with E-state index < -0.39 is 0 Å². The van der Waals surface area contributed by atoms with Gasteiger partial charge in [0.2, 0.25) is 0 Å². The second-order valence-corrected chi connectivity index (χ2v) is 5.46. The number of nitrogens with two attached hydrogens (primary N) is 1. The molecule has 2 N–H and O–H groups in total. The van der Waals surface area contributed by atoms with Crippen LogP contribution in [-0.4, -0.2) is 22.4 Å². The van der Waals surface area contributed by atoms with Crippen molar-refractivity contribution in [3.05, 3.63) is 39.8 Å². The monoisotopic (exact) mass is 263 g/mol. The molecule has 5 heteroatoms. The second-order valence-electron chi connectivity index (χ2n) is 4.46. The Balaban J connectivity index is 2.14. The van der Waals surface area contributed by atoms with Crippen molar-refractivity contribution in [1.82, 2.24) is 9.47 Å². The molecule has 96 valence electrons. The van der Waals surface area contributed by atoms with E-state index in [1.54, 1.807) is 33.1 Å². The number of carbonyl (C=O) groups excluding carboxylic acids is 1. The van der Waals surface area contributed by atoms with Crippen molar-refractivity contribution in [1.29, 1.82) is 0 Å². The first kappa shape index (κ1) is 12.7. The average Bonchev–Trinajstić information content (AvgIpc) is 2.85. The van der Waals surface area contributed by atoms with E-state index in [-0.39, 0.29) is 5.91 Å². The van der Waals surface area contributed by atoms with Gasteiger partial charge in [0.05, 0.1) is 12.2 Å². The van der Waals surface area contributed by atoms with E-state index in [1.807, 2.05) is 19.5 Å². The maximum Gasteiger partial charge on any atom is 0.270 e. The van der Waals surface area contributed by atoms with Crippen molar-refractivity contribution < 1.29 is 4.79 Å². The number of nitrogen functional groups attached to an aromatic ring is 1. The minimum atomic E-state index is -0.0120. The first-order chi connectivity index (χ1) is 8.49. The summed E-state index contributed by atoms with van der Waals surface area (Å²) in [6.45, 7) is 2.69. The smallest absolute Gasteiger partial charge is 0.270 e. The topological polar surface area (TPSA) is 51.3 Å². The Morgan fingerprint density at radius 3 is 2.78 bits per heavy atom. The minimum absolute atomic E-state index is 0.0120. The fraction of sp³-hybridized carbons (Fsp3) is 0.308. The van der Waals surface area contributed by atoms with E-state index in [0.29, 0.717) is 17.9 Å². The Kier molecular flexibility index (Phi) is 3.43. The molecule has 0 atom stereocenters. The molecule has 0 fully saturated rings. The quantitative estimate of drug-likeness (QED) is 0.923. The highest BCUT2D eigenvalue weighted by Gasteiger charge is 2.16. The van der Waals surface area contributed by atoms with Gasteiger partial charge >= 0.3 is 0 Å². The first-order valence-electron chi connectivity index (χ1n) is 5.69. The van der Waals surface area contributed by atoms with E-state index >= 15 is 0 Å². The summed E-state index contributed by atoms with van der Waals surface area (Å²) in [7, 11) is 3.64. The van der Waals surface area contributed by atoms with Gasteiger partial charge in [0.15, 0.2) is 0 Å². The fourth-order valence-corrected chi connectivity index (χ4v) is 2.81. The normalized spacial score (nSPS) is 10.6. The highest BCUT2D eigenvalue weighted by atomic mass is 32.1. The second kappa shape index (κ2) is 4.86. The molecule has 1 amide bonds. The Morgan fingerprint density at radius 2 is 2.28 bits per heavy atom. The standard InChI is InChI=1S/C13H17N3OS/c1-9-4-5-18-12(9)8-16(3)13(17)11-6-10(14)7-15(11)2/h4-7H,8,14H2,1-3H3. The average molecular weight is 263 g/mol. The Morgan fingerprint density at radius 1 is 1.56 bits per heavy atom. The molecular weight excluding hydrogens is 246 g/mol. The third-order valence-corrected chi connectivity index (χ3v) is 3.95. The number of hydrogen-bond donors (Lipinski definition) is 1. The molecule has 2 aromatic rings. The number of aromatic nitrogens is 1. The van der Waals surface area contributed by atoms with Gasteiger partial charge in [-0.25, -0.2) is 0 Å². The lowest BCUT2D eigenvalue weighted by Gasteiger charge is -2.17. The lowest BCUT2D eigenvalue weighted by molar-refractivity contribution is 0.0777. The van der Waals surface area contributed by atoms with E-state index in [9.17, 15) is 4.79 Å². The molecule has 2 heterocycles. The molecule has 0 bridgehead atoms. The molecule has 0 aliphatic carbocycles. The van der Waals surface area contributed by atoms with Gasteiger partial charge in [-0.05, 0) is 30.0 Å². The third-order valence-electron chi connectivity index (χ3n) is 2.94. The summed E-state index contributed by atoms with van der Waals surface area (Å²) >= 11 is 1.67. The molecular formula is C13H17N3OS. The number of anilines is 1. The molecule has 0 unspecified atom stereocenters. The highest BCUT2D eigenvalue weighted by Crippen LogP contribution is 2.19. The zero-order chi connectivity index (χ0) is 13.3. The lowest BCUT2D eigenvalue weighted by Crippen LogP contribution is -2.27. The summed E-state index contributed by atoms with van der Waals surface area (Å²) in [4.78, 5) is 15.2. The van der Waals surface area contributed by atoms with Gasteiger partial charge in [-0.3, -0.25) is 4.79 Å². The zero-order valence-electron chi connectivity index (χ0n) is 10.8. The van der Waals surface area contributed by atoms with Crippen molar-refractivity contribution in [2.24, 2.45) is 7.05 Å². The van der Waals surface area contributed by atoms with Crippen LogP contribution in [0.25, 0.3) is 0 Å². The summed E-state index contributed by atoms with van der Waals surface area (Å²) in [6, 6.07) is 3.78. The number of carbonyl (C=O) groups is 1. The number of amides is 1. The first-order valence-corrected chi connectivity index (χ1v) is 6.57. The maximum atomic E-state index is 12.3. The van der Waals surface area contributed by atoms with Gasteiger partial charge in [-0.1, -0.05) is 0 Å². The molecule has 0 saturated heterocycles. The van der Waals surface area contributed by atoms with Crippen LogP contribution in [0.15, 0.2) is 23.7 Å². The van der Waals surface area contributed by atoms with Gasteiger partial charge in [0.25, 0.3) is 5.91 Å². The number of nitrogens with zero attached hydrogens (tertiary/aromatic N) is 2. The zero-order valence-corrected chi connectivity index (χ0v) is 11.6. The molecule has 0 radical (unpaired) electrons. The van der Waals surface area contributed by atoms with Crippen LogP contribution in [0.3, 0.4) is 0 Å². The molecule has 0 spiro atoms. The summed E-state index contributed by atoms with van der Waals surface area (Å²) in [5.74, 6) is -0.0120. The summed E-state index contributed by atoms with van der Waals surface area (Å²) in [5.41, 5.74) is 8.14. The molecule has 2 aromatic heterocycles. The molecule has 0 saturated carbocycles. The predicted molar refractivity (Wildman–Crippen MR) is 74.7 cm³/mol. The summed E-state index contributed by atoms with van der Waals surface area (Å²) in [5, 5.41) is 2.05. The van der Waals surface area contributed by atoms with Crippen LogP contribution in [0, 0.1) is 6.92 Å². The molecule has 0 aliphatic rings. The van der Waals surface area contributed by atoms with E-state index in [0.717, 1.165) is 0 Å². The third kappa shape index (κ3) is 2.41. The van der Waals surface area contributed by atoms with Crippen LogP contribution in [0.4, 0.5) is 5.69 Å². The Bertz CT molecular complexity index is 571. The van der Waals surface area contributed by atoms with Crippen molar-refractivity contribution in [3.8, 4) is 0 Å². The SMILES string of the molecule is Cc1ccsc1CN(C)C(=O)c1cc(N)cn1C. The summed E-state index contributed by atoms with van der Waals surface area (Å²) < 4.78 is 1.76. The maximum absolute atomic E-state index is 12.3. The predicted octanol–water partition coefficient (Wildman–Crippen LogP) is 2.25. The minimum Gasteiger partial charge on any atom is -0.397 e. The van der Waals surface area contributed by atoms with Gasteiger partial charge in [0.1, 0.15) is 5.69 Å². The number of thiophene rings is 1. The molecule has 2 rings (SSSR count). The van der Waals surface area contributed by atoms with Gasteiger partial charge in [-0.15, -0.1) is 11.3 Å². The van der Waals surface area contributed by atoms with Crippen LogP contribution < -0.4 is 5.73 Å². The molecule has 4 nitrogen and oxygen atoms in total. The number of hydrogen-bond acceptors (Lipinski definition) is 3. The van der Waals surface area contributed by atoms with Crippen LogP contribution in [0.2, 0.25) is 0 Å². The van der Waals surface area contributed by atoms with E-state index in [2.05, 4.69) is 13.0 Å².